The summed E-state index contributed by atoms with van der Waals surface area (Å²) in [7, 11) is 0. The molecule has 0 saturated heterocycles. The Labute approximate surface area is 151 Å². The monoisotopic (exact) mass is 339 g/mol. The van der Waals surface area contributed by atoms with Crippen molar-refractivity contribution in [3.8, 4) is 0 Å². The topological polar surface area (TPSA) is 40.5 Å². The average Bonchev–Trinajstić information content (AvgIpc) is 2.62. The molecule has 1 N–H and O–H groups in total. The number of carboxylic acids is 1. The van der Waals surface area contributed by atoms with E-state index >= 15 is 0 Å². The molecule has 0 aromatic heterocycles. The number of hydrogen-bond donors (Lipinski definition) is 1. The van der Waals surface area contributed by atoms with Crippen LogP contribution in [-0.2, 0) is 17.9 Å². The zero-order chi connectivity index (χ0) is 17.9. The van der Waals surface area contributed by atoms with Crippen molar-refractivity contribution in [1.82, 2.24) is 4.90 Å². The van der Waals surface area contributed by atoms with Crippen molar-refractivity contribution < 1.29 is 9.90 Å². The molecule has 25 heavy (non-hydrogen) atoms. The second-order valence-electron chi connectivity index (χ2n) is 6.62. The number of carbonyl (C=O) groups is 1. The minimum atomic E-state index is -0.715. The van der Waals surface area contributed by atoms with Gasteiger partial charge < -0.3 is 5.11 Å². The molecule has 3 nitrogen and oxygen atoms in total. The molecular weight excluding hydrogens is 310 g/mol. The Bertz CT molecular complexity index is 571. The highest BCUT2D eigenvalue weighted by atomic mass is 16.4. The van der Waals surface area contributed by atoms with E-state index < -0.39 is 5.97 Å². The van der Waals surface area contributed by atoms with Gasteiger partial charge >= 0.3 is 5.97 Å². The van der Waals surface area contributed by atoms with Crippen LogP contribution in [0.3, 0.4) is 0 Å². The van der Waals surface area contributed by atoms with Gasteiger partial charge in [-0.1, -0.05) is 86.8 Å². The van der Waals surface area contributed by atoms with Gasteiger partial charge in [-0.25, -0.2) is 0 Å². The first-order valence-electron chi connectivity index (χ1n) is 9.22. The molecule has 3 heteroatoms. The van der Waals surface area contributed by atoms with Crippen LogP contribution in [0.4, 0.5) is 0 Å². The molecular formula is C22H29NO2. The lowest BCUT2D eigenvalue weighted by Gasteiger charge is -2.31. The number of hydrogen-bond acceptors (Lipinski definition) is 2. The van der Waals surface area contributed by atoms with Crippen molar-refractivity contribution in [3.05, 3.63) is 71.8 Å². The van der Waals surface area contributed by atoms with E-state index in [9.17, 15) is 9.90 Å². The summed E-state index contributed by atoms with van der Waals surface area (Å²) >= 11 is 0. The Balaban J connectivity index is 2.17. The third kappa shape index (κ3) is 7.10. The molecule has 2 aromatic rings. The lowest BCUT2D eigenvalue weighted by atomic mass is 10.0. The minimum Gasteiger partial charge on any atom is -0.481 e. The van der Waals surface area contributed by atoms with Gasteiger partial charge in [0.1, 0.15) is 0 Å². The van der Waals surface area contributed by atoms with Crippen LogP contribution in [0.2, 0.25) is 0 Å². The van der Waals surface area contributed by atoms with Crippen LogP contribution in [0.5, 0.6) is 0 Å². The van der Waals surface area contributed by atoms with Crippen LogP contribution < -0.4 is 0 Å². The van der Waals surface area contributed by atoms with Crippen LogP contribution in [0, 0.1) is 0 Å². The number of benzene rings is 2. The second-order valence-corrected chi connectivity index (χ2v) is 6.62. The van der Waals surface area contributed by atoms with E-state index in [0.717, 1.165) is 38.8 Å². The Morgan fingerprint density at radius 3 is 1.88 bits per heavy atom. The van der Waals surface area contributed by atoms with Gasteiger partial charge in [-0.05, 0) is 17.5 Å². The standard InChI is InChI=1S/C22H29NO2/c1-2-3-6-15-21(16-22(24)25)23(17-19-11-7-4-8-12-19)18-20-13-9-5-10-14-20/h4-5,7-14,21H,2-3,6,15-18H2,1H3,(H,24,25)/t21-/m1/s1. The van der Waals surface area contributed by atoms with Crippen LogP contribution in [0.15, 0.2) is 60.7 Å². The third-order valence-corrected chi connectivity index (χ3v) is 4.52. The van der Waals surface area contributed by atoms with Gasteiger partial charge in [-0.3, -0.25) is 9.69 Å². The summed E-state index contributed by atoms with van der Waals surface area (Å²) in [5.74, 6) is -0.715. The van der Waals surface area contributed by atoms with Crippen LogP contribution in [0.1, 0.15) is 50.2 Å². The quantitative estimate of drug-likeness (QED) is 0.578. The fourth-order valence-corrected chi connectivity index (χ4v) is 3.20. The normalized spacial score (nSPS) is 12.2. The van der Waals surface area contributed by atoms with Crippen molar-refractivity contribution in [3.63, 3.8) is 0 Å². The summed E-state index contributed by atoms with van der Waals surface area (Å²) in [4.78, 5) is 13.8. The van der Waals surface area contributed by atoms with E-state index in [1.54, 1.807) is 0 Å². The highest BCUT2D eigenvalue weighted by Gasteiger charge is 2.21. The molecule has 1 atom stereocenters. The fraction of sp³-hybridized carbons (Fsp3) is 0.409. The molecule has 0 aliphatic heterocycles. The molecule has 0 spiro atoms. The molecule has 0 bridgehead atoms. The highest BCUT2D eigenvalue weighted by Crippen LogP contribution is 2.20. The largest absolute Gasteiger partial charge is 0.481 e. The maximum atomic E-state index is 11.4. The molecule has 0 fully saturated rings. The molecule has 0 aliphatic rings. The zero-order valence-electron chi connectivity index (χ0n) is 15.1. The van der Waals surface area contributed by atoms with Gasteiger partial charge in [0.15, 0.2) is 0 Å². The van der Waals surface area contributed by atoms with Crippen LogP contribution in [-0.4, -0.2) is 22.0 Å². The van der Waals surface area contributed by atoms with Gasteiger partial charge in [-0.2, -0.15) is 0 Å². The maximum absolute atomic E-state index is 11.4. The fourth-order valence-electron chi connectivity index (χ4n) is 3.20. The van der Waals surface area contributed by atoms with Crippen LogP contribution in [0.25, 0.3) is 0 Å². The van der Waals surface area contributed by atoms with Crippen molar-refractivity contribution in [2.24, 2.45) is 0 Å². The zero-order valence-corrected chi connectivity index (χ0v) is 15.1. The van der Waals surface area contributed by atoms with Gasteiger partial charge in [0.25, 0.3) is 0 Å². The second kappa shape index (κ2) is 10.7. The molecule has 2 aromatic carbocycles. The maximum Gasteiger partial charge on any atom is 0.304 e. The number of rotatable bonds is 11. The van der Waals surface area contributed by atoms with E-state index in [1.165, 1.54) is 11.1 Å². The third-order valence-electron chi connectivity index (χ3n) is 4.52. The number of carboxylic acid groups (broad SMARTS) is 1. The molecule has 0 saturated carbocycles. The average molecular weight is 339 g/mol. The predicted molar refractivity (Wildman–Crippen MR) is 102 cm³/mol. The molecule has 2 rings (SSSR count). The van der Waals surface area contributed by atoms with Crippen molar-refractivity contribution >= 4 is 5.97 Å². The SMILES string of the molecule is CCCCC[C@H](CC(=O)O)N(Cc1ccccc1)Cc1ccccc1. The molecule has 0 radical (unpaired) electrons. The van der Waals surface area contributed by atoms with Gasteiger partial charge in [0.05, 0.1) is 6.42 Å². The Kier molecular flexibility index (Phi) is 8.20. The van der Waals surface area contributed by atoms with Crippen molar-refractivity contribution in [1.29, 1.82) is 0 Å². The Morgan fingerprint density at radius 1 is 0.920 bits per heavy atom. The van der Waals surface area contributed by atoms with Gasteiger partial charge in [0.2, 0.25) is 0 Å². The minimum absolute atomic E-state index is 0.0597. The Morgan fingerprint density at radius 2 is 1.44 bits per heavy atom. The smallest absolute Gasteiger partial charge is 0.304 e. The predicted octanol–water partition coefficient (Wildman–Crippen LogP) is 5.11. The summed E-state index contributed by atoms with van der Waals surface area (Å²) in [6.45, 7) is 3.73. The van der Waals surface area contributed by atoms with E-state index in [1.807, 2.05) is 36.4 Å². The van der Waals surface area contributed by atoms with Crippen LogP contribution >= 0.6 is 0 Å². The molecule has 134 valence electrons. The van der Waals surface area contributed by atoms with Gasteiger partial charge in [-0.15, -0.1) is 0 Å². The molecule has 0 amide bonds. The number of aliphatic carboxylic acids is 1. The van der Waals surface area contributed by atoms with Crippen molar-refractivity contribution in [2.45, 2.75) is 58.2 Å². The summed E-state index contributed by atoms with van der Waals surface area (Å²) in [6.07, 6.45) is 4.51. The van der Waals surface area contributed by atoms with Crippen molar-refractivity contribution in [2.75, 3.05) is 0 Å². The molecule has 0 unspecified atom stereocenters. The summed E-state index contributed by atoms with van der Waals surface area (Å²) < 4.78 is 0. The summed E-state index contributed by atoms with van der Waals surface area (Å²) in [5.41, 5.74) is 2.45. The molecule has 0 heterocycles. The number of unbranched alkanes of at least 4 members (excludes halogenated alkanes) is 2. The highest BCUT2D eigenvalue weighted by molar-refractivity contribution is 5.67. The van der Waals surface area contributed by atoms with E-state index in [4.69, 9.17) is 0 Å². The number of nitrogens with zero attached hydrogens (tertiary/aromatic N) is 1. The molecule has 0 aliphatic carbocycles. The first-order valence-corrected chi connectivity index (χ1v) is 9.22. The lowest BCUT2D eigenvalue weighted by Crippen LogP contribution is -2.36. The first kappa shape index (κ1) is 19.2. The van der Waals surface area contributed by atoms with Gasteiger partial charge in [0, 0.05) is 19.1 Å². The summed E-state index contributed by atoms with van der Waals surface area (Å²) in [5, 5.41) is 9.39. The lowest BCUT2D eigenvalue weighted by molar-refractivity contribution is -0.138. The summed E-state index contributed by atoms with van der Waals surface area (Å²) in [6, 6.07) is 20.7. The van der Waals surface area contributed by atoms with E-state index in [0.29, 0.717) is 0 Å². The van der Waals surface area contributed by atoms with E-state index in [2.05, 4.69) is 36.1 Å². The first-order chi connectivity index (χ1) is 12.2. The Hall–Kier alpha value is -2.13. The van der Waals surface area contributed by atoms with E-state index in [-0.39, 0.29) is 12.5 Å².